The summed E-state index contributed by atoms with van der Waals surface area (Å²) in [7, 11) is 0. The lowest BCUT2D eigenvalue weighted by Crippen LogP contribution is -2.24. The van der Waals surface area contributed by atoms with Crippen LogP contribution < -0.4 is 5.32 Å². The highest BCUT2D eigenvalue weighted by Crippen LogP contribution is 2.39. The third-order valence-corrected chi connectivity index (χ3v) is 6.16. The average molecular weight is 494 g/mol. The predicted molar refractivity (Wildman–Crippen MR) is 125 cm³/mol. The molecule has 3 aromatic heterocycles. The number of aliphatic carboxylic acids is 1. The van der Waals surface area contributed by atoms with Crippen LogP contribution in [0.4, 0.5) is 24.8 Å². The Bertz CT molecular complexity index is 1440. The number of carbonyl (C=O) groups is 1. The van der Waals surface area contributed by atoms with Crippen LogP contribution in [-0.2, 0) is 11.0 Å². The molecule has 8 nitrogen and oxygen atoms in total. The van der Waals surface area contributed by atoms with Gasteiger partial charge in [0.05, 0.1) is 29.4 Å². The van der Waals surface area contributed by atoms with Crippen molar-refractivity contribution in [3.63, 3.8) is 0 Å². The van der Waals surface area contributed by atoms with Gasteiger partial charge in [-0.3, -0.25) is 4.79 Å². The molecule has 1 aliphatic rings. The first kappa shape index (κ1) is 23.5. The number of fused-ring (bicyclic) bond motifs is 1. The number of anilines is 2. The van der Waals surface area contributed by atoms with Gasteiger partial charge in [0.2, 0.25) is 0 Å². The second-order valence-electron chi connectivity index (χ2n) is 8.66. The lowest BCUT2D eigenvalue weighted by molar-refractivity contribution is -0.139. The summed E-state index contributed by atoms with van der Waals surface area (Å²) in [5, 5.41) is 21.0. The zero-order valence-electron chi connectivity index (χ0n) is 19.1. The standard InChI is InChI=1S/C25H21F3N6O2/c1-14-10-19(30-23(11-14)31-22-12-15(8-9-29-22)25(26,27)28)20-13-34(33-32-20)21-7-6-18(24(35)36)16-4-2-3-5-17(16)21/h2-5,8-13,18,21H,6-7H2,1H3,(H,35,36)(H,29,30,31). The van der Waals surface area contributed by atoms with Gasteiger partial charge < -0.3 is 10.4 Å². The minimum absolute atomic E-state index is 0.0179. The minimum atomic E-state index is -4.48. The number of nitrogens with zero attached hydrogens (tertiary/aromatic N) is 5. The molecule has 36 heavy (non-hydrogen) atoms. The molecule has 4 aromatic rings. The molecule has 0 radical (unpaired) electrons. The Morgan fingerprint density at radius 2 is 1.83 bits per heavy atom. The van der Waals surface area contributed by atoms with Crippen molar-refractivity contribution in [2.75, 3.05) is 5.32 Å². The van der Waals surface area contributed by atoms with E-state index >= 15 is 0 Å². The third-order valence-electron chi connectivity index (χ3n) is 6.16. The van der Waals surface area contributed by atoms with Crippen molar-refractivity contribution >= 4 is 17.6 Å². The van der Waals surface area contributed by atoms with Crippen LogP contribution in [0.5, 0.6) is 0 Å². The Labute approximate surface area is 203 Å². The fourth-order valence-electron chi connectivity index (χ4n) is 4.51. The fraction of sp³-hybridized carbons (Fsp3) is 0.240. The number of aryl methyl sites for hydroxylation is 1. The number of carboxylic acid groups (broad SMARTS) is 1. The largest absolute Gasteiger partial charge is 0.481 e. The first-order chi connectivity index (χ1) is 17.2. The maximum absolute atomic E-state index is 13.0. The van der Waals surface area contributed by atoms with Gasteiger partial charge in [0, 0.05) is 6.20 Å². The van der Waals surface area contributed by atoms with E-state index in [1.54, 1.807) is 23.0 Å². The van der Waals surface area contributed by atoms with E-state index in [9.17, 15) is 23.1 Å². The number of rotatable bonds is 5. The Morgan fingerprint density at radius 1 is 1.06 bits per heavy atom. The second-order valence-corrected chi connectivity index (χ2v) is 8.66. The van der Waals surface area contributed by atoms with E-state index in [4.69, 9.17) is 0 Å². The van der Waals surface area contributed by atoms with Gasteiger partial charge in [-0.1, -0.05) is 29.5 Å². The van der Waals surface area contributed by atoms with Crippen molar-refractivity contribution in [1.82, 2.24) is 25.0 Å². The molecule has 0 aliphatic heterocycles. The number of nitrogens with one attached hydrogen (secondary N) is 1. The Kier molecular flexibility index (Phi) is 5.91. The number of halogens is 3. The lowest BCUT2D eigenvalue weighted by atomic mass is 9.80. The molecule has 0 fully saturated rings. The number of hydrogen-bond acceptors (Lipinski definition) is 6. The second kappa shape index (κ2) is 9.06. The van der Waals surface area contributed by atoms with Crippen LogP contribution in [0, 0.1) is 6.92 Å². The SMILES string of the molecule is Cc1cc(Nc2cc(C(F)(F)F)ccn2)nc(-c2cn(C3CCC(C(=O)O)c4ccccc43)nn2)c1. The maximum Gasteiger partial charge on any atom is 0.416 e. The van der Waals surface area contributed by atoms with Crippen LogP contribution in [0.25, 0.3) is 11.4 Å². The zero-order chi connectivity index (χ0) is 25.4. The van der Waals surface area contributed by atoms with E-state index in [0.29, 0.717) is 30.0 Å². The summed E-state index contributed by atoms with van der Waals surface area (Å²) >= 11 is 0. The smallest absolute Gasteiger partial charge is 0.416 e. The molecular weight excluding hydrogens is 473 g/mol. The third kappa shape index (κ3) is 4.64. The highest BCUT2D eigenvalue weighted by atomic mass is 19.4. The lowest BCUT2D eigenvalue weighted by Gasteiger charge is -2.29. The van der Waals surface area contributed by atoms with Gasteiger partial charge in [0.25, 0.3) is 0 Å². The number of aromatic nitrogens is 5. The zero-order valence-corrected chi connectivity index (χ0v) is 19.1. The van der Waals surface area contributed by atoms with Crippen molar-refractivity contribution < 1.29 is 23.1 Å². The molecule has 2 unspecified atom stereocenters. The molecule has 0 bridgehead atoms. The van der Waals surface area contributed by atoms with Crippen LogP contribution in [-0.4, -0.2) is 36.0 Å². The van der Waals surface area contributed by atoms with Gasteiger partial charge in [0.15, 0.2) is 0 Å². The van der Waals surface area contributed by atoms with E-state index < -0.39 is 23.6 Å². The monoisotopic (exact) mass is 494 g/mol. The van der Waals surface area contributed by atoms with Gasteiger partial charge in [0.1, 0.15) is 17.3 Å². The summed E-state index contributed by atoms with van der Waals surface area (Å²) in [5.41, 5.74) is 2.64. The number of pyridine rings is 2. The van der Waals surface area contributed by atoms with Gasteiger partial charge in [-0.05, 0) is 60.7 Å². The Morgan fingerprint density at radius 3 is 2.58 bits per heavy atom. The number of alkyl halides is 3. The van der Waals surface area contributed by atoms with Crippen LogP contribution >= 0.6 is 0 Å². The van der Waals surface area contributed by atoms with Crippen LogP contribution in [0.2, 0.25) is 0 Å². The molecule has 2 atom stereocenters. The Balaban J connectivity index is 1.43. The van der Waals surface area contributed by atoms with E-state index in [2.05, 4.69) is 25.6 Å². The van der Waals surface area contributed by atoms with E-state index in [1.807, 2.05) is 31.2 Å². The van der Waals surface area contributed by atoms with Crippen molar-refractivity contribution in [1.29, 1.82) is 0 Å². The average Bonchev–Trinajstić information content (AvgIpc) is 3.33. The number of benzene rings is 1. The summed E-state index contributed by atoms with van der Waals surface area (Å²) in [6, 6.07) is 12.6. The molecule has 1 aliphatic carbocycles. The van der Waals surface area contributed by atoms with Crippen LogP contribution in [0.15, 0.2) is 60.9 Å². The first-order valence-corrected chi connectivity index (χ1v) is 11.2. The predicted octanol–water partition coefficient (Wildman–Crippen LogP) is 5.36. The van der Waals surface area contributed by atoms with Gasteiger partial charge in [-0.25, -0.2) is 14.6 Å². The van der Waals surface area contributed by atoms with Crippen molar-refractivity contribution in [2.24, 2.45) is 0 Å². The molecular formula is C25H21F3N6O2. The highest BCUT2D eigenvalue weighted by Gasteiger charge is 2.33. The van der Waals surface area contributed by atoms with Gasteiger partial charge in [-0.2, -0.15) is 13.2 Å². The molecule has 2 N–H and O–H groups in total. The van der Waals surface area contributed by atoms with E-state index in [0.717, 1.165) is 35.0 Å². The molecule has 3 heterocycles. The fourth-order valence-corrected chi connectivity index (χ4v) is 4.51. The number of hydrogen-bond donors (Lipinski definition) is 2. The summed E-state index contributed by atoms with van der Waals surface area (Å²) < 4.78 is 40.8. The Hall–Kier alpha value is -4.28. The normalized spacial score (nSPS) is 17.4. The van der Waals surface area contributed by atoms with Gasteiger partial charge in [-0.15, -0.1) is 5.10 Å². The highest BCUT2D eigenvalue weighted by molar-refractivity contribution is 5.77. The summed E-state index contributed by atoms with van der Waals surface area (Å²) in [6.45, 7) is 1.84. The number of carboxylic acids is 1. The van der Waals surface area contributed by atoms with Crippen molar-refractivity contribution in [3.05, 3.63) is 83.2 Å². The molecule has 0 saturated carbocycles. The molecule has 184 valence electrons. The quantitative estimate of drug-likeness (QED) is 0.385. The molecule has 11 heteroatoms. The van der Waals surface area contributed by atoms with Crippen LogP contribution in [0.1, 0.15) is 47.1 Å². The van der Waals surface area contributed by atoms with Crippen molar-refractivity contribution in [2.45, 2.75) is 37.9 Å². The molecule has 1 aromatic carbocycles. The van der Waals surface area contributed by atoms with E-state index in [-0.39, 0.29) is 11.9 Å². The summed E-state index contributed by atoms with van der Waals surface area (Å²) in [5.74, 6) is -1.07. The van der Waals surface area contributed by atoms with Gasteiger partial charge >= 0.3 is 12.1 Å². The van der Waals surface area contributed by atoms with E-state index in [1.165, 1.54) is 0 Å². The first-order valence-electron chi connectivity index (χ1n) is 11.2. The maximum atomic E-state index is 13.0. The molecule has 0 amide bonds. The molecule has 0 spiro atoms. The summed E-state index contributed by atoms with van der Waals surface area (Å²) in [6.07, 6.45) is -0.578. The topological polar surface area (TPSA) is 106 Å². The molecule has 0 saturated heterocycles. The van der Waals surface area contributed by atoms with Crippen LogP contribution in [0.3, 0.4) is 0 Å². The molecule has 5 rings (SSSR count). The minimum Gasteiger partial charge on any atom is -0.481 e. The van der Waals surface area contributed by atoms with Crippen molar-refractivity contribution in [3.8, 4) is 11.4 Å². The summed E-state index contributed by atoms with van der Waals surface area (Å²) in [4.78, 5) is 20.2.